The number of carbonyl (C=O) groups is 1. The van der Waals surface area contributed by atoms with Crippen molar-refractivity contribution in [2.45, 2.75) is 32.5 Å². The highest BCUT2D eigenvalue weighted by Crippen LogP contribution is 2.33. The highest BCUT2D eigenvalue weighted by molar-refractivity contribution is 5.90. The molecule has 0 saturated carbocycles. The molecule has 1 aliphatic rings. The first-order valence-electron chi connectivity index (χ1n) is 8.40. The molecule has 0 N–H and O–H groups in total. The van der Waals surface area contributed by atoms with Gasteiger partial charge in [-0.15, -0.1) is 0 Å². The van der Waals surface area contributed by atoms with Crippen LogP contribution in [0.15, 0.2) is 24.5 Å². The van der Waals surface area contributed by atoms with E-state index in [9.17, 15) is 18.0 Å². The van der Waals surface area contributed by atoms with Gasteiger partial charge in [-0.25, -0.2) is 9.78 Å². The fourth-order valence-corrected chi connectivity index (χ4v) is 2.98. The van der Waals surface area contributed by atoms with Gasteiger partial charge in [-0.3, -0.25) is 4.68 Å². The lowest BCUT2D eigenvalue weighted by Gasteiger charge is -2.16. The predicted octanol–water partition coefficient (Wildman–Crippen LogP) is 3.12. The van der Waals surface area contributed by atoms with Gasteiger partial charge >= 0.3 is 12.1 Å². The lowest BCUT2D eigenvalue weighted by Crippen LogP contribution is -2.20. The first-order valence-corrected chi connectivity index (χ1v) is 8.40. The smallest absolute Gasteiger partial charge is 0.433 e. The molecule has 26 heavy (non-hydrogen) atoms. The topological polar surface area (TPSA) is 60.2 Å². The number of ether oxygens (including phenoxy) is 1. The molecule has 0 amide bonds. The molecule has 0 aromatic carbocycles. The number of nitrogens with zero attached hydrogens (tertiary/aromatic N) is 4. The van der Waals surface area contributed by atoms with Crippen LogP contribution in [0.4, 0.5) is 19.0 Å². The van der Waals surface area contributed by atoms with Crippen LogP contribution in [0.5, 0.6) is 0 Å². The summed E-state index contributed by atoms with van der Waals surface area (Å²) in [6, 6.07) is 3.52. The molecular formula is C17H19F3N4O2. The normalized spacial score (nSPS) is 14.7. The van der Waals surface area contributed by atoms with Gasteiger partial charge in [-0.1, -0.05) is 6.07 Å². The van der Waals surface area contributed by atoms with E-state index in [1.165, 1.54) is 6.92 Å². The molecule has 2 aromatic rings. The fourth-order valence-electron chi connectivity index (χ4n) is 2.98. The molecule has 0 radical (unpaired) electrons. The quantitative estimate of drug-likeness (QED) is 0.759. The van der Waals surface area contributed by atoms with Crippen LogP contribution in [0.25, 0.3) is 0 Å². The molecule has 0 unspecified atom stereocenters. The summed E-state index contributed by atoms with van der Waals surface area (Å²) in [6.07, 6.45) is -0.0571. The van der Waals surface area contributed by atoms with Crippen LogP contribution in [-0.2, 0) is 17.5 Å². The van der Waals surface area contributed by atoms with Crippen LogP contribution in [0.2, 0.25) is 0 Å². The summed E-state index contributed by atoms with van der Waals surface area (Å²) in [7, 11) is 0. The van der Waals surface area contributed by atoms with Crippen molar-refractivity contribution in [3.8, 4) is 0 Å². The average molecular weight is 368 g/mol. The number of anilines is 1. The van der Waals surface area contributed by atoms with Crippen molar-refractivity contribution in [3.63, 3.8) is 0 Å². The SMILES string of the molecule is CCOC(=O)c1cnn(Cc2ccc(N3CCCC3)nc2)c1C(F)(F)F. The van der Waals surface area contributed by atoms with Gasteiger partial charge in [0, 0.05) is 19.3 Å². The van der Waals surface area contributed by atoms with Gasteiger partial charge in [0.2, 0.25) is 0 Å². The highest BCUT2D eigenvalue weighted by atomic mass is 19.4. The molecule has 9 heteroatoms. The van der Waals surface area contributed by atoms with Crippen LogP contribution in [0.3, 0.4) is 0 Å². The number of alkyl halides is 3. The zero-order chi connectivity index (χ0) is 18.7. The van der Waals surface area contributed by atoms with Gasteiger partial charge in [0.1, 0.15) is 11.4 Å². The molecule has 6 nitrogen and oxygen atoms in total. The summed E-state index contributed by atoms with van der Waals surface area (Å²) < 4.78 is 45.7. The van der Waals surface area contributed by atoms with Crippen molar-refractivity contribution < 1.29 is 22.7 Å². The van der Waals surface area contributed by atoms with E-state index in [4.69, 9.17) is 0 Å². The van der Waals surface area contributed by atoms with Crippen molar-refractivity contribution in [1.82, 2.24) is 14.8 Å². The van der Waals surface area contributed by atoms with Crippen LogP contribution in [0.1, 0.15) is 41.4 Å². The Bertz CT molecular complexity index is 765. The Labute approximate surface area is 148 Å². The van der Waals surface area contributed by atoms with E-state index in [0.717, 1.165) is 42.6 Å². The molecule has 2 aromatic heterocycles. The highest BCUT2D eigenvalue weighted by Gasteiger charge is 2.40. The molecule has 0 bridgehead atoms. The van der Waals surface area contributed by atoms with Crippen molar-refractivity contribution in [2.24, 2.45) is 0 Å². The molecule has 140 valence electrons. The van der Waals surface area contributed by atoms with Gasteiger partial charge in [0.25, 0.3) is 0 Å². The van der Waals surface area contributed by atoms with E-state index in [1.54, 1.807) is 18.3 Å². The van der Waals surface area contributed by atoms with E-state index in [1.807, 2.05) is 0 Å². The zero-order valence-electron chi connectivity index (χ0n) is 14.3. The van der Waals surface area contributed by atoms with Crippen molar-refractivity contribution >= 4 is 11.8 Å². The van der Waals surface area contributed by atoms with E-state index in [2.05, 4.69) is 19.7 Å². The molecule has 1 aliphatic heterocycles. The van der Waals surface area contributed by atoms with E-state index in [0.29, 0.717) is 5.56 Å². The number of rotatable bonds is 5. The van der Waals surface area contributed by atoms with Crippen molar-refractivity contribution in [2.75, 3.05) is 24.6 Å². The Kier molecular flexibility index (Phi) is 5.15. The van der Waals surface area contributed by atoms with Crippen molar-refractivity contribution in [1.29, 1.82) is 0 Å². The van der Waals surface area contributed by atoms with E-state index < -0.39 is 23.4 Å². The molecular weight excluding hydrogens is 349 g/mol. The maximum atomic E-state index is 13.4. The van der Waals surface area contributed by atoms with Gasteiger partial charge in [0.05, 0.1) is 19.3 Å². The number of halogens is 3. The molecule has 0 spiro atoms. The number of carbonyl (C=O) groups excluding carboxylic acids is 1. The minimum absolute atomic E-state index is 0.0107. The molecule has 1 fully saturated rings. The summed E-state index contributed by atoms with van der Waals surface area (Å²) in [5.74, 6) is -0.219. The van der Waals surface area contributed by atoms with Gasteiger partial charge in [0.15, 0.2) is 5.69 Å². The first-order chi connectivity index (χ1) is 12.4. The van der Waals surface area contributed by atoms with E-state index >= 15 is 0 Å². The number of hydrogen-bond donors (Lipinski definition) is 0. The summed E-state index contributed by atoms with van der Waals surface area (Å²) >= 11 is 0. The Balaban J connectivity index is 1.84. The lowest BCUT2D eigenvalue weighted by atomic mass is 10.2. The Morgan fingerprint density at radius 2 is 1.96 bits per heavy atom. The second-order valence-corrected chi connectivity index (χ2v) is 6.00. The second-order valence-electron chi connectivity index (χ2n) is 6.00. The third kappa shape index (κ3) is 3.81. The van der Waals surface area contributed by atoms with Crippen molar-refractivity contribution in [3.05, 3.63) is 41.3 Å². The Morgan fingerprint density at radius 1 is 1.23 bits per heavy atom. The Morgan fingerprint density at radius 3 is 2.54 bits per heavy atom. The maximum absolute atomic E-state index is 13.4. The van der Waals surface area contributed by atoms with E-state index in [-0.39, 0.29) is 13.2 Å². The maximum Gasteiger partial charge on any atom is 0.433 e. The molecule has 3 rings (SSSR count). The molecule has 3 heterocycles. The predicted molar refractivity (Wildman–Crippen MR) is 88.0 cm³/mol. The second kappa shape index (κ2) is 7.35. The van der Waals surface area contributed by atoms with Crippen LogP contribution < -0.4 is 4.90 Å². The van der Waals surface area contributed by atoms with Crippen LogP contribution in [-0.4, -0.2) is 40.4 Å². The molecule has 0 aliphatic carbocycles. The minimum atomic E-state index is -4.72. The van der Waals surface area contributed by atoms with Crippen LogP contribution >= 0.6 is 0 Å². The lowest BCUT2D eigenvalue weighted by molar-refractivity contribution is -0.144. The number of esters is 1. The molecule has 0 atom stereocenters. The monoisotopic (exact) mass is 368 g/mol. The largest absolute Gasteiger partial charge is 0.462 e. The fraction of sp³-hybridized carbons (Fsp3) is 0.471. The first kappa shape index (κ1) is 18.2. The minimum Gasteiger partial charge on any atom is -0.462 e. The number of aromatic nitrogens is 3. The number of hydrogen-bond acceptors (Lipinski definition) is 5. The van der Waals surface area contributed by atoms with Gasteiger partial charge < -0.3 is 9.64 Å². The summed E-state index contributed by atoms with van der Waals surface area (Å²) in [6.45, 7) is 3.26. The summed E-state index contributed by atoms with van der Waals surface area (Å²) in [4.78, 5) is 18.2. The van der Waals surface area contributed by atoms with Crippen LogP contribution in [0, 0.1) is 0 Å². The Hall–Kier alpha value is -2.58. The zero-order valence-corrected chi connectivity index (χ0v) is 14.3. The summed E-state index contributed by atoms with van der Waals surface area (Å²) in [5, 5.41) is 3.74. The van der Waals surface area contributed by atoms with Gasteiger partial charge in [-0.05, 0) is 31.4 Å². The third-order valence-electron chi connectivity index (χ3n) is 4.17. The number of pyridine rings is 1. The summed E-state index contributed by atoms with van der Waals surface area (Å²) in [5.41, 5.74) is -1.13. The van der Waals surface area contributed by atoms with Gasteiger partial charge in [-0.2, -0.15) is 18.3 Å². The molecule has 1 saturated heterocycles. The standard InChI is InChI=1S/C17H19F3N4O2/c1-2-26-16(25)13-10-22-24(15(13)17(18,19)20)11-12-5-6-14(21-9-12)23-7-3-4-8-23/h5-6,9-10H,2-4,7-8,11H2,1H3. The third-order valence-corrected chi connectivity index (χ3v) is 4.17. The average Bonchev–Trinajstić information content (AvgIpc) is 3.25.